The molecule has 0 radical (unpaired) electrons. The summed E-state index contributed by atoms with van der Waals surface area (Å²) in [6.45, 7) is 5.46. The van der Waals surface area contributed by atoms with Gasteiger partial charge < -0.3 is 10.7 Å². The van der Waals surface area contributed by atoms with E-state index in [4.69, 9.17) is 4.98 Å². The molecule has 4 rings (SSSR count). The summed E-state index contributed by atoms with van der Waals surface area (Å²) in [6, 6.07) is -0.0784. The number of nitrogens with zero attached hydrogens (tertiary/aromatic N) is 3. The monoisotopic (exact) mass is 405 g/mol. The number of anilines is 1. The number of fused-ring (bicyclic) bond motifs is 1. The first-order valence-corrected chi connectivity index (χ1v) is 10.0. The van der Waals surface area contributed by atoms with E-state index in [0.29, 0.717) is 36.3 Å². The molecule has 0 bridgehead atoms. The van der Waals surface area contributed by atoms with Crippen LogP contribution < -0.4 is 26.3 Å². The summed E-state index contributed by atoms with van der Waals surface area (Å²) in [5, 5.41) is 5.81. The van der Waals surface area contributed by atoms with E-state index < -0.39 is 5.92 Å². The number of hydrazine groups is 1. The molecular formula is C20H25F2N5O2. The van der Waals surface area contributed by atoms with Crippen molar-refractivity contribution in [2.75, 3.05) is 11.6 Å². The molecule has 156 valence electrons. The highest BCUT2D eigenvalue weighted by molar-refractivity contribution is 5.86. The van der Waals surface area contributed by atoms with Gasteiger partial charge in [0, 0.05) is 30.9 Å². The van der Waals surface area contributed by atoms with Gasteiger partial charge in [0.2, 0.25) is 11.8 Å². The van der Waals surface area contributed by atoms with Crippen LogP contribution in [0.15, 0.2) is 0 Å². The Morgan fingerprint density at radius 3 is 2.62 bits per heavy atom. The first-order chi connectivity index (χ1) is 13.7. The minimum atomic E-state index is -2.59. The highest BCUT2D eigenvalue weighted by atomic mass is 19.3. The van der Waals surface area contributed by atoms with Gasteiger partial charge in [0.05, 0.1) is 23.2 Å². The predicted octanol–water partition coefficient (Wildman–Crippen LogP) is 0.726. The molecule has 3 aliphatic rings. The van der Waals surface area contributed by atoms with E-state index in [-0.39, 0.29) is 49.0 Å². The number of hydrogen-bond acceptors (Lipinski definition) is 6. The molecule has 7 nitrogen and oxygen atoms in total. The molecule has 2 saturated carbocycles. The van der Waals surface area contributed by atoms with Crippen molar-refractivity contribution in [2.24, 2.45) is 5.92 Å². The second kappa shape index (κ2) is 7.35. The maximum absolute atomic E-state index is 13.5. The van der Waals surface area contributed by atoms with E-state index in [1.807, 2.05) is 5.01 Å². The lowest BCUT2D eigenvalue weighted by atomic mass is 9.72. The second-order valence-electron chi connectivity index (χ2n) is 8.21. The quantitative estimate of drug-likeness (QED) is 0.751. The van der Waals surface area contributed by atoms with Crippen LogP contribution in [-0.2, 0) is 9.59 Å². The van der Waals surface area contributed by atoms with Gasteiger partial charge in [-0.15, -0.1) is 0 Å². The standard InChI is InChI=1S/C20H25F2N5O2/c1-11(28)9-23-19(29)15-4-3-14(15)17-25-12(2)16-10-24-27(18(16)26-17)13-5-7-20(21,22)8-6-13/h10,13-15,24H,2-9H2,1H3,(H,23,29)/t14-,15-/m1/s1. The van der Waals surface area contributed by atoms with Crippen LogP contribution >= 0.6 is 0 Å². The van der Waals surface area contributed by atoms with Gasteiger partial charge >= 0.3 is 0 Å². The first kappa shape index (κ1) is 19.7. The molecule has 2 atom stereocenters. The predicted molar refractivity (Wildman–Crippen MR) is 103 cm³/mol. The van der Waals surface area contributed by atoms with E-state index in [2.05, 4.69) is 22.3 Å². The number of amides is 1. The van der Waals surface area contributed by atoms with Gasteiger partial charge in [0.1, 0.15) is 11.6 Å². The average Bonchev–Trinajstić information content (AvgIpc) is 3.03. The lowest BCUT2D eigenvalue weighted by molar-refractivity contribution is -0.130. The number of rotatable bonds is 5. The molecule has 1 aromatic heterocycles. The Labute approximate surface area is 167 Å². The number of ketones is 1. The van der Waals surface area contributed by atoms with Crippen LogP contribution in [0.1, 0.15) is 57.2 Å². The number of Topliss-reactive ketones (excluding diaryl/α,β-unsaturated/α-hetero) is 1. The van der Waals surface area contributed by atoms with Crippen LogP contribution in [-0.4, -0.2) is 40.2 Å². The Bertz CT molecular complexity index is 941. The van der Waals surface area contributed by atoms with Gasteiger partial charge in [-0.2, -0.15) is 0 Å². The SMILES string of the molecule is C=c1nc([C@@H]2CC[C@H]2C(=O)NCC(C)=O)nc2c1=CNN2C1CCC(F)(F)CC1. The third-order valence-corrected chi connectivity index (χ3v) is 6.10. The van der Waals surface area contributed by atoms with Crippen LogP contribution in [0, 0.1) is 5.92 Å². The molecular weight excluding hydrogens is 380 g/mol. The Kier molecular flexibility index (Phi) is 5.00. The van der Waals surface area contributed by atoms with Gasteiger partial charge in [0.15, 0.2) is 5.82 Å². The summed E-state index contributed by atoms with van der Waals surface area (Å²) in [4.78, 5) is 32.7. The zero-order valence-corrected chi connectivity index (χ0v) is 16.4. The Morgan fingerprint density at radius 1 is 1.28 bits per heavy atom. The number of alkyl halides is 2. The second-order valence-corrected chi connectivity index (χ2v) is 8.21. The van der Waals surface area contributed by atoms with Crippen LogP contribution in [0.4, 0.5) is 14.6 Å². The molecule has 0 aromatic carbocycles. The number of halogens is 2. The molecule has 0 saturated heterocycles. The van der Waals surface area contributed by atoms with Crippen molar-refractivity contribution in [1.29, 1.82) is 0 Å². The first-order valence-electron chi connectivity index (χ1n) is 10.0. The normalized spacial score (nSPS) is 25.4. The minimum Gasteiger partial charge on any atom is -0.349 e. The summed E-state index contributed by atoms with van der Waals surface area (Å²) in [6.07, 6.45) is 3.72. The number of carbonyl (C=O) groups excluding carboxylic acids is 2. The molecule has 1 amide bonds. The zero-order chi connectivity index (χ0) is 20.8. The number of carbonyl (C=O) groups is 2. The van der Waals surface area contributed by atoms with Gasteiger partial charge in [0.25, 0.3) is 0 Å². The zero-order valence-electron chi connectivity index (χ0n) is 16.4. The number of nitrogens with one attached hydrogen (secondary N) is 2. The molecule has 2 fully saturated rings. The maximum Gasteiger partial charge on any atom is 0.248 e. The van der Waals surface area contributed by atoms with Crippen molar-refractivity contribution < 1.29 is 18.4 Å². The van der Waals surface area contributed by atoms with Crippen LogP contribution in [0.25, 0.3) is 12.8 Å². The molecule has 1 aromatic rings. The molecule has 2 aliphatic carbocycles. The Hall–Kier alpha value is -2.58. The van der Waals surface area contributed by atoms with Gasteiger partial charge in [-0.1, -0.05) is 6.58 Å². The molecule has 9 heteroatoms. The van der Waals surface area contributed by atoms with Crippen molar-refractivity contribution in [3.05, 3.63) is 16.4 Å². The van der Waals surface area contributed by atoms with Crippen molar-refractivity contribution in [3.63, 3.8) is 0 Å². The van der Waals surface area contributed by atoms with Crippen LogP contribution in [0.3, 0.4) is 0 Å². The minimum absolute atomic E-state index is 0.0205. The molecule has 2 heterocycles. The van der Waals surface area contributed by atoms with Crippen molar-refractivity contribution in [3.8, 4) is 0 Å². The fraction of sp³-hybridized carbons (Fsp3) is 0.600. The van der Waals surface area contributed by atoms with Crippen molar-refractivity contribution in [2.45, 2.75) is 63.3 Å². The fourth-order valence-electron chi connectivity index (χ4n) is 4.24. The summed E-state index contributed by atoms with van der Waals surface area (Å²) in [5.74, 6) is -2.07. The molecule has 1 aliphatic heterocycles. The van der Waals surface area contributed by atoms with Crippen molar-refractivity contribution >= 4 is 30.3 Å². The highest BCUT2D eigenvalue weighted by Gasteiger charge is 2.41. The number of aromatic nitrogens is 2. The van der Waals surface area contributed by atoms with Crippen molar-refractivity contribution in [1.82, 2.24) is 20.7 Å². The third-order valence-electron chi connectivity index (χ3n) is 6.10. The number of hydrogen-bond donors (Lipinski definition) is 2. The van der Waals surface area contributed by atoms with Gasteiger partial charge in [-0.05, 0) is 32.6 Å². The van der Waals surface area contributed by atoms with E-state index >= 15 is 0 Å². The highest BCUT2D eigenvalue weighted by Crippen LogP contribution is 2.41. The van der Waals surface area contributed by atoms with Gasteiger partial charge in [-0.3, -0.25) is 14.6 Å². The smallest absolute Gasteiger partial charge is 0.248 e. The van der Waals surface area contributed by atoms with Crippen LogP contribution in [0.2, 0.25) is 0 Å². The molecule has 29 heavy (non-hydrogen) atoms. The van der Waals surface area contributed by atoms with E-state index in [1.54, 1.807) is 6.20 Å². The summed E-state index contributed by atoms with van der Waals surface area (Å²) < 4.78 is 27.1. The molecule has 0 spiro atoms. The Balaban J connectivity index is 1.53. The lowest BCUT2D eigenvalue weighted by Gasteiger charge is -2.36. The lowest BCUT2D eigenvalue weighted by Crippen LogP contribution is -2.47. The van der Waals surface area contributed by atoms with E-state index in [0.717, 1.165) is 11.6 Å². The third kappa shape index (κ3) is 3.82. The summed E-state index contributed by atoms with van der Waals surface area (Å²) in [5.41, 5.74) is 3.13. The summed E-state index contributed by atoms with van der Waals surface area (Å²) >= 11 is 0. The average molecular weight is 405 g/mol. The molecule has 2 N–H and O–H groups in total. The largest absolute Gasteiger partial charge is 0.349 e. The maximum atomic E-state index is 13.5. The topological polar surface area (TPSA) is 87.2 Å². The molecule has 0 unspecified atom stereocenters. The van der Waals surface area contributed by atoms with E-state index in [9.17, 15) is 18.4 Å². The Morgan fingerprint density at radius 2 is 2.00 bits per heavy atom. The van der Waals surface area contributed by atoms with Gasteiger partial charge in [-0.25, -0.2) is 18.7 Å². The van der Waals surface area contributed by atoms with Crippen LogP contribution in [0.5, 0.6) is 0 Å². The fourth-order valence-corrected chi connectivity index (χ4v) is 4.24. The van der Waals surface area contributed by atoms with E-state index in [1.165, 1.54) is 6.92 Å². The summed E-state index contributed by atoms with van der Waals surface area (Å²) in [7, 11) is 0.